The van der Waals surface area contributed by atoms with Gasteiger partial charge >= 0.3 is 26.7 Å². The van der Waals surface area contributed by atoms with Crippen molar-refractivity contribution < 1.29 is 46.3 Å². The van der Waals surface area contributed by atoms with Gasteiger partial charge in [-0.1, -0.05) is 6.58 Å². The lowest BCUT2D eigenvalue weighted by Gasteiger charge is -2.46. The fourth-order valence-corrected chi connectivity index (χ4v) is 15.5. The standard InChI is InChI=1S/C43H72N13O14P3/c1-28-18-54(31(4)46-38(28)57)35-17-45-16-32(68-35)25-66-72(63,49(8)9)53-22-34(70-37(24-53)56-20-30(3)40(59)48-42(56)61)27-67-73(64,50(10)11)52-21-33(69-36(23-52)55-19-29(2)39(58)47-41(55)60)26-65-71(62,43(5,6)7)51-14-12-44-13-15-51/h18-20,32-37,44-45H,4,12-17,21-27H2,1-3,5-11H3,(H,46,57)(H,47,58,60)(H,48,59,61). The third kappa shape index (κ3) is 12.4. The molecule has 0 aromatic carbocycles. The molecule has 9 atom stereocenters. The van der Waals surface area contributed by atoms with Crippen molar-refractivity contribution in [3.8, 4) is 0 Å². The third-order valence-corrected chi connectivity index (χ3v) is 21.5. The first kappa shape index (κ1) is 57.0. The Morgan fingerprint density at radius 3 is 1.60 bits per heavy atom. The maximum Gasteiger partial charge on any atom is 0.345 e. The lowest BCUT2D eigenvalue weighted by Crippen LogP contribution is -2.55. The Hall–Kier alpha value is -3.72. The molecular formula is C43H72N13O14P3. The second kappa shape index (κ2) is 22.9. The number of aromatic amines is 2. The van der Waals surface area contributed by atoms with E-state index in [1.165, 1.54) is 54.1 Å². The Morgan fingerprint density at radius 1 is 0.658 bits per heavy atom. The van der Waals surface area contributed by atoms with Crippen LogP contribution in [0.3, 0.4) is 0 Å². The van der Waals surface area contributed by atoms with Gasteiger partial charge in [0.25, 0.3) is 24.5 Å². The molecule has 0 spiro atoms. The van der Waals surface area contributed by atoms with Crippen molar-refractivity contribution >= 4 is 28.8 Å². The lowest BCUT2D eigenvalue weighted by atomic mass is 10.2. The first-order valence-electron chi connectivity index (χ1n) is 24.1. The number of rotatable bonds is 17. The van der Waals surface area contributed by atoms with Gasteiger partial charge in [0.1, 0.15) is 12.0 Å². The van der Waals surface area contributed by atoms with Gasteiger partial charge in [-0.3, -0.25) is 47.2 Å². The summed E-state index contributed by atoms with van der Waals surface area (Å²) in [6.07, 6.45) is -1.17. The van der Waals surface area contributed by atoms with Crippen LogP contribution in [0.15, 0.2) is 55.7 Å². The number of nitrogens with zero attached hydrogens (tertiary/aromatic N) is 8. The van der Waals surface area contributed by atoms with Gasteiger partial charge in [0.2, 0.25) is 0 Å². The molecule has 4 fully saturated rings. The number of aryl methyl sites for hydroxylation is 2. The van der Waals surface area contributed by atoms with Crippen molar-refractivity contribution in [2.75, 3.05) is 113 Å². The monoisotopic (exact) mass is 1090 g/mol. The number of aromatic nitrogens is 4. The summed E-state index contributed by atoms with van der Waals surface area (Å²) in [6, 6.07) is 0. The van der Waals surface area contributed by atoms with E-state index in [1.54, 1.807) is 46.2 Å². The summed E-state index contributed by atoms with van der Waals surface area (Å²) in [5.74, 6) is 0.0573. The molecule has 27 nitrogen and oxygen atoms in total. The molecule has 5 N–H and O–H groups in total. The van der Waals surface area contributed by atoms with Gasteiger partial charge in [-0.15, -0.1) is 0 Å². The zero-order valence-electron chi connectivity index (χ0n) is 43.2. The number of carbonyl (C=O) groups is 1. The van der Waals surface area contributed by atoms with Crippen LogP contribution in [0, 0.1) is 13.8 Å². The van der Waals surface area contributed by atoms with Gasteiger partial charge in [-0.25, -0.2) is 32.9 Å². The Bertz CT molecular complexity index is 2790. The summed E-state index contributed by atoms with van der Waals surface area (Å²) >= 11 is 0. The van der Waals surface area contributed by atoms with Gasteiger partial charge in [0.15, 0.2) is 12.5 Å². The van der Waals surface area contributed by atoms with Crippen LogP contribution >= 0.6 is 22.9 Å². The Morgan fingerprint density at radius 2 is 1.12 bits per heavy atom. The topological polar surface area (TPSA) is 289 Å². The van der Waals surface area contributed by atoms with E-state index in [-0.39, 0.29) is 56.4 Å². The van der Waals surface area contributed by atoms with Crippen LogP contribution in [0.2, 0.25) is 0 Å². The normalized spacial score (nSPS) is 27.8. The van der Waals surface area contributed by atoms with Crippen LogP contribution in [0.25, 0.3) is 0 Å². The number of piperazine rings is 1. The number of hydrogen-bond acceptors (Lipinski definition) is 17. The van der Waals surface area contributed by atoms with E-state index in [9.17, 15) is 28.5 Å². The van der Waals surface area contributed by atoms with E-state index in [0.29, 0.717) is 50.7 Å². The summed E-state index contributed by atoms with van der Waals surface area (Å²) in [5, 5.41) is 8.49. The number of hydrogen-bond donors (Lipinski definition) is 5. The van der Waals surface area contributed by atoms with Gasteiger partial charge in [-0.2, -0.15) is 0 Å². The second-order valence-corrected chi connectivity index (χ2v) is 28.5. The first-order valence-corrected chi connectivity index (χ1v) is 28.7. The van der Waals surface area contributed by atoms with Crippen LogP contribution in [0.5, 0.6) is 0 Å². The van der Waals surface area contributed by atoms with Gasteiger partial charge in [0.05, 0.1) is 56.4 Å². The average Bonchev–Trinajstić information content (AvgIpc) is 3.34. The molecule has 5 aliphatic rings. The van der Waals surface area contributed by atoms with Crippen molar-refractivity contribution in [3.05, 3.63) is 89.4 Å². The highest BCUT2D eigenvalue weighted by molar-refractivity contribution is 7.58. The maximum absolute atomic E-state index is 15.6. The smallest absolute Gasteiger partial charge is 0.345 e. The molecular weight excluding hydrogens is 1020 g/mol. The van der Waals surface area contributed by atoms with Crippen molar-refractivity contribution in [1.82, 2.24) is 63.3 Å². The van der Waals surface area contributed by atoms with Gasteiger partial charge in [0, 0.05) is 87.7 Å². The predicted octanol–water partition coefficient (Wildman–Crippen LogP) is 0.510. The van der Waals surface area contributed by atoms with E-state index in [0.717, 1.165) is 0 Å². The third-order valence-electron chi connectivity index (χ3n) is 13.1. The summed E-state index contributed by atoms with van der Waals surface area (Å²) in [6.45, 7) is 15.8. The highest BCUT2D eigenvalue weighted by atomic mass is 31.2. The Balaban J connectivity index is 1.16. The summed E-state index contributed by atoms with van der Waals surface area (Å²) < 4.78 is 94.5. The van der Waals surface area contributed by atoms with Crippen LogP contribution in [0.4, 0.5) is 0 Å². The molecule has 5 aliphatic heterocycles. The summed E-state index contributed by atoms with van der Waals surface area (Å²) in [4.78, 5) is 70.3. The second-order valence-electron chi connectivity index (χ2n) is 20.1. The number of amides is 1. The number of ether oxygens (including phenoxy) is 3. The van der Waals surface area contributed by atoms with Crippen molar-refractivity contribution in [2.24, 2.45) is 0 Å². The van der Waals surface area contributed by atoms with Crippen LogP contribution in [-0.2, 0) is 46.3 Å². The van der Waals surface area contributed by atoms with Gasteiger partial charge in [-0.05, 0) is 69.7 Å². The highest BCUT2D eigenvalue weighted by Crippen LogP contribution is 2.62. The molecule has 7 rings (SSSR count). The number of nitrogens with one attached hydrogen (secondary N) is 5. The molecule has 1 amide bonds. The molecule has 7 heterocycles. The highest BCUT2D eigenvalue weighted by Gasteiger charge is 2.49. The van der Waals surface area contributed by atoms with Crippen LogP contribution < -0.4 is 38.4 Å². The van der Waals surface area contributed by atoms with Crippen molar-refractivity contribution in [1.29, 1.82) is 0 Å². The van der Waals surface area contributed by atoms with Crippen LogP contribution in [0.1, 0.15) is 51.3 Å². The lowest BCUT2D eigenvalue weighted by molar-refractivity contribution is -0.130. The number of H-pyrrole nitrogens is 2. The summed E-state index contributed by atoms with van der Waals surface area (Å²) in [7, 11) is -5.47. The zero-order chi connectivity index (χ0) is 53.4. The predicted molar refractivity (Wildman–Crippen MR) is 270 cm³/mol. The van der Waals surface area contributed by atoms with E-state index >= 15 is 9.13 Å². The molecule has 73 heavy (non-hydrogen) atoms. The molecule has 30 heteroatoms. The minimum atomic E-state index is -4.17. The molecule has 4 saturated heterocycles. The van der Waals surface area contributed by atoms with E-state index in [1.807, 2.05) is 25.4 Å². The minimum absolute atomic E-state index is 0.0832. The SMILES string of the molecule is C=C1NC(=O)C(C)=CN1C1CNCC(COP(=O)(N(C)C)N2CC(COP(=O)(N(C)C)N3CC(COP(=O)(N4CCNCC4)C(C)(C)C)OC(n4cc(C)c(=O)[nH]c4=O)C3)OC(n3cc(C)c(=O)[nH]c3=O)C2)O1. The number of morpholine rings is 3. The Labute approximate surface area is 423 Å². The fourth-order valence-electron chi connectivity index (χ4n) is 9.01. The minimum Gasteiger partial charge on any atom is -0.350 e. The number of carbonyl (C=O) groups excluding carboxylic acids is 1. The van der Waals surface area contributed by atoms with E-state index in [4.69, 9.17) is 27.8 Å². The quantitative estimate of drug-likeness (QED) is 0.135. The fraction of sp³-hybridized carbons (Fsp3) is 0.698. The molecule has 408 valence electrons. The Kier molecular flexibility index (Phi) is 17.8. The molecule has 2 aromatic heterocycles. The molecule has 9 unspecified atom stereocenters. The zero-order valence-corrected chi connectivity index (χ0v) is 45.9. The van der Waals surface area contributed by atoms with Crippen LogP contribution in [-0.4, -0.2) is 196 Å². The van der Waals surface area contributed by atoms with E-state index in [2.05, 4.69) is 32.5 Å². The van der Waals surface area contributed by atoms with Crippen molar-refractivity contribution in [3.63, 3.8) is 0 Å². The van der Waals surface area contributed by atoms with Gasteiger partial charge < -0.3 is 48.6 Å². The van der Waals surface area contributed by atoms with Crippen molar-refractivity contribution in [2.45, 2.75) is 83.7 Å². The first-order chi connectivity index (χ1) is 34.2. The largest absolute Gasteiger partial charge is 0.350 e. The average molecular weight is 1090 g/mol. The molecule has 2 aromatic rings. The molecule has 0 bridgehead atoms. The summed E-state index contributed by atoms with van der Waals surface area (Å²) in [5.41, 5.74) is -1.85. The molecule has 0 radical (unpaired) electrons. The maximum atomic E-state index is 15.6. The van der Waals surface area contributed by atoms with E-state index < -0.39 is 94.1 Å². The molecule has 0 aliphatic carbocycles. The molecule has 0 saturated carbocycles.